The first-order chi connectivity index (χ1) is 9.56. The monoisotopic (exact) mass is 272 g/mol. The molecule has 20 heavy (non-hydrogen) atoms. The van der Waals surface area contributed by atoms with E-state index in [0.717, 1.165) is 0 Å². The highest BCUT2D eigenvalue weighted by Gasteiger charge is 2.23. The lowest BCUT2D eigenvalue weighted by molar-refractivity contribution is 0.0654. The Morgan fingerprint density at radius 3 is 2.30 bits per heavy atom. The molecular formula is C12H8N4O4. The standard InChI is InChI=1S/C12H8N4O4/c13-15-16-14-8-5-6-3-1-2-4-7(6)9(11(17)18)10(8)12(19)20/h1-5,13H,(H,17,18)(H,19,20). The molecule has 0 saturated carbocycles. The molecule has 0 spiro atoms. The fourth-order valence-corrected chi connectivity index (χ4v) is 1.92. The molecule has 0 amide bonds. The van der Waals surface area contributed by atoms with Crippen LogP contribution < -0.4 is 0 Å². The first kappa shape index (κ1) is 13.3. The van der Waals surface area contributed by atoms with Crippen molar-refractivity contribution in [3.8, 4) is 0 Å². The summed E-state index contributed by atoms with van der Waals surface area (Å²) in [5.74, 6) is -2.81. The average Bonchev–Trinajstić information content (AvgIpc) is 2.42. The lowest BCUT2D eigenvalue weighted by Crippen LogP contribution is -2.09. The fourth-order valence-electron chi connectivity index (χ4n) is 1.92. The number of benzene rings is 2. The highest BCUT2D eigenvalue weighted by Crippen LogP contribution is 2.31. The van der Waals surface area contributed by atoms with Crippen molar-refractivity contribution < 1.29 is 19.8 Å². The summed E-state index contributed by atoms with van der Waals surface area (Å²) in [6, 6.07) is 7.83. The molecule has 0 aromatic heterocycles. The van der Waals surface area contributed by atoms with Crippen molar-refractivity contribution in [3.63, 3.8) is 0 Å². The van der Waals surface area contributed by atoms with E-state index >= 15 is 0 Å². The fraction of sp³-hybridized carbons (Fsp3) is 0. The molecule has 0 fully saturated rings. The second-order valence-corrected chi connectivity index (χ2v) is 3.77. The molecule has 8 nitrogen and oxygen atoms in total. The molecular weight excluding hydrogens is 264 g/mol. The van der Waals surface area contributed by atoms with E-state index in [-0.39, 0.29) is 11.3 Å². The molecule has 0 saturated heterocycles. The van der Waals surface area contributed by atoms with E-state index < -0.39 is 17.5 Å². The van der Waals surface area contributed by atoms with Gasteiger partial charge in [-0.2, -0.15) is 5.53 Å². The van der Waals surface area contributed by atoms with Crippen molar-refractivity contribution in [3.05, 3.63) is 41.5 Å². The zero-order chi connectivity index (χ0) is 14.7. The molecule has 0 unspecified atom stereocenters. The van der Waals surface area contributed by atoms with Crippen LogP contribution in [0.1, 0.15) is 20.7 Å². The lowest BCUT2D eigenvalue weighted by Gasteiger charge is -2.08. The minimum Gasteiger partial charge on any atom is -0.478 e. The first-order valence-corrected chi connectivity index (χ1v) is 5.36. The Hall–Kier alpha value is -3.16. The normalized spacial score (nSPS) is 10.8. The van der Waals surface area contributed by atoms with Gasteiger partial charge in [0.25, 0.3) is 0 Å². The van der Waals surface area contributed by atoms with E-state index in [9.17, 15) is 19.8 Å². The molecule has 8 heteroatoms. The van der Waals surface area contributed by atoms with Crippen molar-refractivity contribution in [2.75, 3.05) is 0 Å². The summed E-state index contributed by atoms with van der Waals surface area (Å²) in [4.78, 5) is 22.7. The van der Waals surface area contributed by atoms with Gasteiger partial charge in [-0.15, -0.1) is 5.11 Å². The highest BCUT2D eigenvalue weighted by molar-refractivity contribution is 6.14. The molecule has 0 aliphatic carbocycles. The Balaban J connectivity index is 2.95. The van der Waals surface area contributed by atoms with Gasteiger partial charge in [0, 0.05) is 0 Å². The van der Waals surface area contributed by atoms with Crippen molar-refractivity contribution in [1.29, 1.82) is 5.53 Å². The summed E-state index contributed by atoms with van der Waals surface area (Å²) in [7, 11) is 0. The van der Waals surface area contributed by atoms with Crippen LogP contribution in [0.3, 0.4) is 0 Å². The molecule has 2 aromatic rings. The van der Waals surface area contributed by atoms with Crippen LogP contribution in [-0.4, -0.2) is 22.2 Å². The summed E-state index contributed by atoms with van der Waals surface area (Å²) in [5, 5.41) is 28.4. The SMILES string of the molecule is N=NN=Nc1cc2ccccc2c(C(=O)O)c1C(=O)O. The summed E-state index contributed by atoms with van der Waals surface area (Å²) in [5.41, 5.74) is 5.52. The number of carboxylic acid groups (broad SMARTS) is 2. The third kappa shape index (κ3) is 2.21. The maximum Gasteiger partial charge on any atom is 0.338 e. The van der Waals surface area contributed by atoms with Crippen LogP contribution in [0.2, 0.25) is 0 Å². The molecule has 0 aliphatic heterocycles. The van der Waals surface area contributed by atoms with Gasteiger partial charge in [-0.3, -0.25) is 0 Å². The van der Waals surface area contributed by atoms with Crippen LogP contribution in [0.4, 0.5) is 5.69 Å². The van der Waals surface area contributed by atoms with Crippen LogP contribution >= 0.6 is 0 Å². The molecule has 2 rings (SSSR count). The second-order valence-electron chi connectivity index (χ2n) is 3.77. The van der Waals surface area contributed by atoms with Gasteiger partial charge in [-0.25, -0.2) is 9.59 Å². The summed E-state index contributed by atoms with van der Waals surface area (Å²) >= 11 is 0. The van der Waals surface area contributed by atoms with Gasteiger partial charge < -0.3 is 10.2 Å². The maximum atomic E-state index is 11.4. The predicted molar refractivity (Wildman–Crippen MR) is 67.5 cm³/mol. The van der Waals surface area contributed by atoms with Crippen molar-refractivity contribution in [1.82, 2.24) is 0 Å². The number of hydrogen-bond donors (Lipinski definition) is 3. The largest absolute Gasteiger partial charge is 0.478 e. The topological polar surface area (TPSA) is 136 Å². The lowest BCUT2D eigenvalue weighted by atomic mass is 9.97. The number of rotatable bonds is 4. The number of carbonyl (C=O) groups is 2. The number of nitrogens with zero attached hydrogens (tertiary/aromatic N) is 3. The molecule has 0 heterocycles. The van der Waals surface area contributed by atoms with E-state index in [1.807, 2.05) is 0 Å². The minimum atomic E-state index is -1.44. The van der Waals surface area contributed by atoms with E-state index in [1.165, 1.54) is 12.1 Å². The van der Waals surface area contributed by atoms with Crippen LogP contribution in [0, 0.1) is 5.53 Å². The Morgan fingerprint density at radius 2 is 1.70 bits per heavy atom. The van der Waals surface area contributed by atoms with Gasteiger partial charge in [0.05, 0.1) is 5.56 Å². The average molecular weight is 272 g/mol. The molecule has 0 bridgehead atoms. The highest BCUT2D eigenvalue weighted by atomic mass is 16.4. The first-order valence-electron chi connectivity index (χ1n) is 5.36. The van der Waals surface area contributed by atoms with Gasteiger partial charge in [0.15, 0.2) is 0 Å². The third-order valence-electron chi connectivity index (χ3n) is 2.65. The van der Waals surface area contributed by atoms with Crippen LogP contribution in [-0.2, 0) is 0 Å². The number of carboxylic acids is 2. The van der Waals surface area contributed by atoms with E-state index in [2.05, 4.69) is 15.6 Å². The van der Waals surface area contributed by atoms with Gasteiger partial charge in [0.2, 0.25) is 0 Å². The summed E-state index contributed by atoms with van der Waals surface area (Å²) < 4.78 is 0. The third-order valence-corrected chi connectivity index (χ3v) is 2.65. The quantitative estimate of drug-likeness (QED) is 0.581. The summed E-state index contributed by atoms with van der Waals surface area (Å²) in [6.45, 7) is 0. The predicted octanol–water partition coefficient (Wildman–Crippen LogP) is 3.27. The van der Waals surface area contributed by atoms with Crippen LogP contribution in [0.5, 0.6) is 0 Å². The second kappa shape index (κ2) is 5.22. The van der Waals surface area contributed by atoms with Crippen molar-refractivity contribution in [2.45, 2.75) is 0 Å². The van der Waals surface area contributed by atoms with Crippen molar-refractivity contribution >= 4 is 28.4 Å². The zero-order valence-electron chi connectivity index (χ0n) is 9.94. The molecule has 0 radical (unpaired) electrons. The van der Waals surface area contributed by atoms with Crippen LogP contribution in [0.25, 0.3) is 10.8 Å². The minimum absolute atomic E-state index is 0.162. The van der Waals surface area contributed by atoms with Gasteiger partial charge in [-0.05, 0) is 27.3 Å². The number of nitrogens with one attached hydrogen (secondary N) is 1. The molecule has 0 aliphatic rings. The Labute approximate surface area is 111 Å². The van der Waals surface area contributed by atoms with Gasteiger partial charge >= 0.3 is 11.9 Å². The van der Waals surface area contributed by atoms with Crippen molar-refractivity contribution in [2.24, 2.45) is 15.6 Å². The Morgan fingerprint density at radius 1 is 1.05 bits per heavy atom. The van der Waals surface area contributed by atoms with E-state index in [0.29, 0.717) is 10.8 Å². The van der Waals surface area contributed by atoms with E-state index in [1.54, 1.807) is 18.2 Å². The van der Waals surface area contributed by atoms with E-state index in [4.69, 9.17) is 5.53 Å². The van der Waals surface area contributed by atoms with Crippen LogP contribution in [0.15, 0.2) is 45.9 Å². The summed E-state index contributed by atoms with van der Waals surface area (Å²) in [6.07, 6.45) is 0. The molecule has 2 aromatic carbocycles. The molecule has 3 N–H and O–H groups in total. The van der Waals surface area contributed by atoms with Gasteiger partial charge in [-0.1, -0.05) is 24.3 Å². The zero-order valence-corrected chi connectivity index (χ0v) is 9.94. The smallest absolute Gasteiger partial charge is 0.338 e. The molecule has 100 valence electrons. The Bertz CT molecular complexity index is 754. The van der Waals surface area contributed by atoms with Gasteiger partial charge in [0.1, 0.15) is 11.3 Å². The molecule has 0 atom stereocenters. The Kier molecular flexibility index (Phi) is 3.47. The number of aromatic carboxylic acids is 2. The number of fused-ring (bicyclic) bond motifs is 1. The number of hydrogen-bond acceptors (Lipinski definition) is 4. The maximum absolute atomic E-state index is 11.4.